The molecular formula is C17H22N2O3S. The molecule has 6 heteroatoms. The van der Waals surface area contributed by atoms with Crippen molar-refractivity contribution in [2.24, 2.45) is 5.92 Å². The fourth-order valence-corrected chi connectivity index (χ4v) is 4.04. The van der Waals surface area contributed by atoms with Crippen molar-refractivity contribution in [3.63, 3.8) is 0 Å². The fraction of sp³-hybridized carbons (Fsp3) is 0.588. The number of hydrogen-bond acceptors (Lipinski definition) is 5. The highest BCUT2D eigenvalue weighted by Gasteiger charge is 2.22. The molecule has 0 bridgehead atoms. The van der Waals surface area contributed by atoms with Gasteiger partial charge in [0.2, 0.25) is 0 Å². The largest absolute Gasteiger partial charge is 0.461 e. The molecule has 0 amide bonds. The van der Waals surface area contributed by atoms with Gasteiger partial charge in [-0.15, -0.1) is 11.3 Å². The van der Waals surface area contributed by atoms with Gasteiger partial charge in [0.05, 0.1) is 5.39 Å². The number of hydrogen-bond donors (Lipinski definition) is 0. The summed E-state index contributed by atoms with van der Waals surface area (Å²) in [6.45, 7) is 5.87. The summed E-state index contributed by atoms with van der Waals surface area (Å²) in [4.78, 5) is 31.0. The summed E-state index contributed by atoms with van der Waals surface area (Å²) in [7, 11) is 0. The van der Waals surface area contributed by atoms with E-state index in [1.54, 1.807) is 6.92 Å². The van der Waals surface area contributed by atoms with Crippen LogP contribution in [0.2, 0.25) is 0 Å². The van der Waals surface area contributed by atoms with Gasteiger partial charge in [-0.1, -0.05) is 6.92 Å². The average molecular weight is 334 g/mol. The first-order chi connectivity index (χ1) is 10.9. The van der Waals surface area contributed by atoms with Crippen LogP contribution >= 0.6 is 11.3 Å². The minimum Gasteiger partial charge on any atom is -0.461 e. The average Bonchev–Trinajstić information content (AvgIpc) is 2.86. The SMILES string of the molecule is Cc1cc2c(=O)n(CC(=O)OC3CCC(C)CC3)c(C)nc2s1. The number of ether oxygens (including phenoxy) is 1. The lowest BCUT2D eigenvalue weighted by Gasteiger charge is -2.26. The first-order valence-electron chi connectivity index (χ1n) is 8.11. The normalized spacial score (nSPS) is 21.5. The van der Waals surface area contributed by atoms with Crippen LogP contribution in [0, 0.1) is 19.8 Å². The summed E-state index contributed by atoms with van der Waals surface area (Å²) in [5.41, 5.74) is -0.161. The van der Waals surface area contributed by atoms with Crippen molar-refractivity contribution in [1.29, 1.82) is 0 Å². The molecule has 0 radical (unpaired) electrons. The lowest BCUT2D eigenvalue weighted by Crippen LogP contribution is -2.31. The molecule has 124 valence electrons. The van der Waals surface area contributed by atoms with E-state index in [2.05, 4.69) is 11.9 Å². The van der Waals surface area contributed by atoms with Crippen molar-refractivity contribution in [3.05, 3.63) is 27.1 Å². The summed E-state index contributed by atoms with van der Waals surface area (Å²) >= 11 is 1.50. The quantitative estimate of drug-likeness (QED) is 0.809. The Morgan fingerprint density at radius 3 is 2.74 bits per heavy atom. The summed E-state index contributed by atoms with van der Waals surface area (Å²) < 4.78 is 6.97. The maximum absolute atomic E-state index is 12.6. The van der Waals surface area contributed by atoms with Crippen LogP contribution in [0.5, 0.6) is 0 Å². The lowest BCUT2D eigenvalue weighted by molar-refractivity contribution is -0.151. The third-order valence-electron chi connectivity index (χ3n) is 4.51. The van der Waals surface area contributed by atoms with Gasteiger partial charge >= 0.3 is 5.97 Å². The van der Waals surface area contributed by atoms with Gasteiger partial charge < -0.3 is 4.74 Å². The molecule has 0 spiro atoms. The van der Waals surface area contributed by atoms with E-state index in [1.807, 2.05) is 13.0 Å². The van der Waals surface area contributed by atoms with Crippen molar-refractivity contribution >= 4 is 27.5 Å². The number of aryl methyl sites for hydroxylation is 2. The highest BCUT2D eigenvalue weighted by atomic mass is 32.1. The Morgan fingerprint density at radius 2 is 2.04 bits per heavy atom. The molecule has 0 aliphatic heterocycles. The van der Waals surface area contributed by atoms with E-state index in [1.165, 1.54) is 15.9 Å². The van der Waals surface area contributed by atoms with Crippen molar-refractivity contribution < 1.29 is 9.53 Å². The fourth-order valence-electron chi connectivity index (χ4n) is 3.12. The number of carbonyl (C=O) groups excluding carboxylic acids is 1. The van der Waals surface area contributed by atoms with E-state index in [9.17, 15) is 9.59 Å². The standard InChI is InChI=1S/C17H22N2O3S/c1-10-4-6-13(7-5-10)22-15(20)9-19-12(3)18-16-14(17(19)21)8-11(2)23-16/h8,10,13H,4-7,9H2,1-3H3. The van der Waals surface area contributed by atoms with Crippen LogP contribution < -0.4 is 5.56 Å². The van der Waals surface area contributed by atoms with E-state index < -0.39 is 0 Å². The van der Waals surface area contributed by atoms with Gasteiger partial charge in [0, 0.05) is 4.88 Å². The smallest absolute Gasteiger partial charge is 0.326 e. The molecule has 23 heavy (non-hydrogen) atoms. The van der Waals surface area contributed by atoms with Gasteiger partial charge in [-0.3, -0.25) is 14.2 Å². The van der Waals surface area contributed by atoms with Gasteiger partial charge in [-0.25, -0.2) is 4.98 Å². The van der Waals surface area contributed by atoms with Crippen LogP contribution in [-0.2, 0) is 16.1 Å². The Labute approximate surface area is 139 Å². The molecule has 5 nitrogen and oxygen atoms in total. The maximum Gasteiger partial charge on any atom is 0.326 e. The summed E-state index contributed by atoms with van der Waals surface area (Å²) in [5, 5.41) is 0.581. The zero-order valence-corrected chi connectivity index (χ0v) is 14.6. The number of carbonyl (C=O) groups is 1. The van der Waals surface area contributed by atoms with Gasteiger partial charge in [0.15, 0.2) is 0 Å². The van der Waals surface area contributed by atoms with Crippen LogP contribution in [0.15, 0.2) is 10.9 Å². The molecule has 0 atom stereocenters. The van der Waals surface area contributed by atoms with Crippen molar-refractivity contribution in [3.8, 4) is 0 Å². The van der Waals surface area contributed by atoms with E-state index >= 15 is 0 Å². The van der Waals surface area contributed by atoms with Crippen LogP contribution in [-0.4, -0.2) is 21.6 Å². The van der Waals surface area contributed by atoms with Gasteiger partial charge in [-0.05, 0) is 51.5 Å². The van der Waals surface area contributed by atoms with Crippen LogP contribution in [0.3, 0.4) is 0 Å². The predicted octanol–water partition coefficient (Wildman–Crippen LogP) is 3.20. The van der Waals surface area contributed by atoms with Crippen LogP contribution in [0.1, 0.15) is 43.3 Å². The Hall–Kier alpha value is -1.69. The number of rotatable bonds is 3. The van der Waals surface area contributed by atoms with Gasteiger partial charge in [0.25, 0.3) is 5.56 Å². The number of esters is 1. The van der Waals surface area contributed by atoms with E-state index in [-0.39, 0.29) is 24.2 Å². The molecule has 1 fully saturated rings. The van der Waals surface area contributed by atoms with Crippen LogP contribution in [0.25, 0.3) is 10.2 Å². The first kappa shape index (κ1) is 16.2. The monoisotopic (exact) mass is 334 g/mol. The highest BCUT2D eigenvalue weighted by Crippen LogP contribution is 2.25. The summed E-state index contributed by atoms with van der Waals surface area (Å²) in [6.07, 6.45) is 4.02. The molecule has 0 saturated heterocycles. The molecule has 3 rings (SSSR count). The van der Waals surface area contributed by atoms with E-state index in [0.29, 0.717) is 17.1 Å². The molecule has 0 aromatic carbocycles. The Bertz CT molecular complexity index is 785. The van der Waals surface area contributed by atoms with Crippen LogP contribution in [0.4, 0.5) is 0 Å². The Balaban J connectivity index is 1.75. The second kappa shape index (κ2) is 6.43. The van der Waals surface area contributed by atoms with E-state index in [4.69, 9.17) is 4.74 Å². The topological polar surface area (TPSA) is 61.2 Å². The number of nitrogens with zero attached hydrogens (tertiary/aromatic N) is 2. The minimum atomic E-state index is -0.345. The third kappa shape index (κ3) is 3.47. The first-order valence-corrected chi connectivity index (χ1v) is 8.92. The van der Waals surface area contributed by atoms with Gasteiger partial charge in [0.1, 0.15) is 23.3 Å². The molecule has 0 N–H and O–H groups in total. The molecule has 2 aromatic rings. The molecule has 2 heterocycles. The zero-order valence-electron chi connectivity index (χ0n) is 13.8. The summed E-state index contributed by atoms with van der Waals surface area (Å²) in [6, 6.07) is 1.83. The second-order valence-corrected chi connectivity index (χ2v) is 7.73. The number of fused-ring (bicyclic) bond motifs is 1. The molecule has 2 aromatic heterocycles. The Morgan fingerprint density at radius 1 is 1.35 bits per heavy atom. The minimum absolute atomic E-state index is 0.00482. The second-order valence-electron chi connectivity index (χ2n) is 6.50. The van der Waals surface area contributed by atoms with Crippen molar-refractivity contribution in [2.75, 3.05) is 0 Å². The van der Waals surface area contributed by atoms with E-state index in [0.717, 1.165) is 35.4 Å². The summed E-state index contributed by atoms with van der Waals surface area (Å²) in [5.74, 6) is 0.921. The zero-order chi connectivity index (χ0) is 16.6. The van der Waals surface area contributed by atoms with Crippen molar-refractivity contribution in [2.45, 2.75) is 59.1 Å². The lowest BCUT2D eigenvalue weighted by atomic mass is 9.89. The van der Waals surface area contributed by atoms with Crippen molar-refractivity contribution in [1.82, 2.24) is 9.55 Å². The molecule has 1 saturated carbocycles. The number of thiophene rings is 1. The molecule has 0 unspecified atom stereocenters. The predicted molar refractivity (Wildman–Crippen MR) is 90.9 cm³/mol. The van der Waals surface area contributed by atoms with Gasteiger partial charge in [-0.2, -0.15) is 0 Å². The maximum atomic E-state index is 12.6. The molecular weight excluding hydrogens is 312 g/mol. The third-order valence-corrected chi connectivity index (χ3v) is 5.46. The Kier molecular flexibility index (Phi) is 4.53. The molecule has 1 aliphatic rings. The highest BCUT2D eigenvalue weighted by molar-refractivity contribution is 7.18. The molecule has 1 aliphatic carbocycles. The number of aromatic nitrogens is 2.